The van der Waals surface area contributed by atoms with Crippen molar-refractivity contribution in [3.63, 3.8) is 0 Å². The summed E-state index contributed by atoms with van der Waals surface area (Å²) < 4.78 is 6.56. The lowest BCUT2D eigenvalue weighted by Crippen LogP contribution is -2.28. The maximum atomic E-state index is 6.56. The van der Waals surface area contributed by atoms with Gasteiger partial charge in [0.05, 0.1) is 11.1 Å². The van der Waals surface area contributed by atoms with Gasteiger partial charge in [0.1, 0.15) is 11.2 Å². The van der Waals surface area contributed by atoms with Crippen molar-refractivity contribution in [3.8, 4) is 44.5 Å². The number of hydrogen-bond donors (Lipinski definition) is 0. The lowest BCUT2D eigenvalue weighted by Gasteiger charge is -2.35. The van der Waals surface area contributed by atoms with Gasteiger partial charge in [0.15, 0.2) is 0 Å². The third kappa shape index (κ3) is 5.70. The maximum Gasteiger partial charge on any atom is 0.143 e. The summed E-state index contributed by atoms with van der Waals surface area (Å²) in [5.41, 5.74) is 22.3. The van der Waals surface area contributed by atoms with Crippen LogP contribution in [0.2, 0.25) is 0 Å². The Balaban J connectivity index is 1.06. The number of hydrogen-bond acceptors (Lipinski definition) is 2. The molecule has 324 valence electrons. The summed E-state index contributed by atoms with van der Waals surface area (Å²) in [5, 5.41) is 2.26. The van der Waals surface area contributed by atoms with Crippen molar-refractivity contribution in [2.45, 2.75) is 37.5 Å². The number of nitrogens with zero attached hydrogens (tertiary/aromatic N) is 1. The number of para-hydroxylation sites is 3. The molecule has 0 aliphatic heterocycles. The lowest BCUT2D eigenvalue weighted by atomic mass is 9.67. The zero-order valence-electron chi connectivity index (χ0n) is 38.3. The Morgan fingerprint density at radius 2 is 0.926 bits per heavy atom. The maximum absolute atomic E-state index is 6.56. The SMILES string of the molecule is CCC1(CC)c2ccccc2-c2c(-c3ccccc3N(c3ccc(-c4cccc5c4oc4ccccc45)cc3)c3ccc4c(c3)C(c3ccccc3)(c3ccccc3)c3ccccc3-4)cccc21. The third-order valence-corrected chi connectivity index (χ3v) is 15.5. The first kappa shape index (κ1) is 40.1. The van der Waals surface area contributed by atoms with Crippen LogP contribution in [0.25, 0.3) is 66.4 Å². The van der Waals surface area contributed by atoms with Crippen molar-refractivity contribution in [3.05, 3.63) is 270 Å². The second-order valence-corrected chi connectivity index (χ2v) is 18.5. The van der Waals surface area contributed by atoms with E-state index >= 15 is 0 Å². The Morgan fingerprint density at radius 1 is 0.382 bits per heavy atom. The van der Waals surface area contributed by atoms with Crippen molar-refractivity contribution < 1.29 is 4.42 Å². The van der Waals surface area contributed by atoms with Crippen molar-refractivity contribution in [1.82, 2.24) is 0 Å². The van der Waals surface area contributed by atoms with Crippen molar-refractivity contribution >= 4 is 39.0 Å². The van der Waals surface area contributed by atoms with Gasteiger partial charge in [-0.05, 0) is 116 Å². The molecule has 2 aliphatic rings. The van der Waals surface area contributed by atoms with Crippen LogP contribution in [0.4, 0.5) is 17.1 Å². The van der Waals surface area contributed by atoms with Gasteiger partial charge in [-0.15, -0.1) is 0 Å². The first-order valence-electron chi connectivity index (χ1n) is 24.1. The van der Waals surface area contributed by atoms with E-state index in [1.54, 1.807) is 0 Å². The molecule has 0 saturated carbocycles. The molecule has 2 heteroatoms. The number of fused-ring (bicyclic) bond motifs is 9. The summed E-state index contributed by atoms with van der Waals surface area (Å²) in [4.78, 5) is 2.50. The van der Waals surface area contributed by atoms with E-state index in [0.29, 0.717) is 0 Å². The van der Waals surface area contributed by atoms with Crippen LogP contribution in [-0.2, 0) is 10.8 Å². The molecule has 10 aromatic carbocycles. The molecule has 68 heavy (non-hydrogen) atoms. The fraction of sp³-hybridized carbons (Fsp3) is 0.0909. The highest BCUT2D eigenvalue weighted by Gasteiger charge is 2.47. The average molecular weight is 872 g/mol. The summed E-state index contributed by atoms with van der Waals surface area (Å²) in [6, 6.07) is 87.6. The smallest absolute Gasteiger partial charge is 0.143 e. The summed E-state index contributed by atoms with van der Waals surface area (Å²) >= 11 is 0. The van der Waals surface area contributed by atoms with Crippen molar-refractivity contribution in [2.75, 3.05) is 4.90 Å². The lowest BCUT2D eigenvalue weighted by molar-refractivity contribution is 0.490. The van der Waals surface area contributed by atoms with Gasteiger partial charge in [0.2, 0.25) is 0 Å². The molecule has 1 aromatic heterocycles. The highest BCUT2D eigenvalue weighted by molar-refractivity contribution is 6.09. The van der Waals surface area contributed by atoms with Gasteiger partial charge in [-0.1, -0.05) is 214 Å². The minimum atomic E-state index is -0.543. The molecule has 0 unspecified atom stereocenters. The first-order chi connectivity index (χ1) is 33.6. The standard InChI is InChI=1S/C66H49NO/c1-3-65(4-2)57-32-15-12-28-56(57)63-54(30-20-34-59(63)65)52-26-13-17-35-61(52)67(47-39-37-44(38-40-47)49-29-19-31-55-53-27-14-18-36-62(53)68-64(49)55)48-41-42-51-50-25-11-16-33-58(50)66(60(51)43-48,45-21-7-5-8-22-45)46-23-9-6-10-24-46/h5-43H,3-4H2,1-2H3. The first-order valence-corrected chi connectivity index (χ1v) is 24.1. The second-order valence-electron chi connectivity index (χ2n) is 18.5. The van der Waals surface area contributed by atoms with Crippen molar-refractivity contribution in [1.29, 1.82) is 0 Å². The zero-order valence-corrected chi connectivity index (χ0v) is 38.3. The summed E-state index contributed by atoms with van der Waals surface area (Å²) in [5.74, 6) is 0. The monoisotopic (exact) mass is 871 g/mol. The number of benzene rings is 10. The molecule has 0 spiro atoms. The molecule has 1 heterocycles. The van der Waals surface area contributed by atoms with Gasteiger partial charge in [-0.2, -0.15) is 0 Å². The Labute approximate surface area is 398 Å². The molecule has 0 saturated heterocycles. The van der Waals surface area contributed by atoms with E-state index in [-0.39, 0.29) is 5.41 Å². The van der Waals surface area contributed by atoms with Crippen LogP contribution in [-0.4, -0.2) is 0 Å². The van der Waals surface area contributed by atoms with E-state index in [4.69, 9.17) is 4.42 Å². The van der Waals surface area contributed by atoms with Crippen LogP contribution in [0, 0.1) is 0 Å². The predicted molar refractivity (Wildman–Crippen MR) is 283 cm³/mol. The Morgan fingerprint density at radius 3 is 1.68 bits per heavy atom. The van der Waals surface area contributed by atoms with Gasteiger partial charge in [-0.3, -0.25) is 0 Å². The van der Waals surface area contributed by atoms with E-state index in [1.807, 2.05) is 6.07 Å². The molecule has 0 atom stereocenters. The normalized spacial score (nSPS) is 13.8. The van der Waals surface area contributed by atoms with Gasteiger partial charge in [0.25, 0.3) is 0 Å². The zero-order chi connectivity index (χ0) is 45.4. The van der Waals surface area contributed by atoms with Crippen LogP contribution in [0.15, 0.2) is 241 Å². The second kappa shape index (κ2) is 15.7. The van der Waals surface area contributed by atoms with Crippen LogP contribution >= 0.6 is 0 Å². The average Bonchev–Trinajstić information content (AvgIpc) is 4.04. The highest BCUT2D eigenvalue weighted by atomic mass is 16.3. The minimum absolute atomic E-state index is 0.0394. The van der Waals surface area contributed by atoms with E-state index in [0.717, 1.165) is 63.0 Å². The highest BCUT2D eigenvalue weighted by Crippen LogP contribution is 2.59. The van der Waals surface area contributed by atoms with E-state index < -0.39 is 5.41 Å². The topological polar surface area (TPSA) is 16.4 Å². The number of rotatable bonds is 9. The molecule has 0 amide bonds. The largest absolute Gasteiger partial charge is 0.455 e. The Bertz CT molecular complexity index is 3670. The van der Waals surface area contributed by atoms with E-state index in [1.165, 1.54) is 66.8 Å². The van der Waals surface area contributed by atoms with Crippen LogP contribution < -0.4 is 4.90 Å². The van der Waals surface area contributed by atoms with Crippen LogP contribution in [0.3, 0.4) is 0 Å². The summed E-state index contributed by atoms with van der Waals surface area (Å²) in [6.45, 7) is 4.71. The van der Waals surface area contributed by atoms with Crippen LogP contribution in [0.5, 0.6) is 0 Å². The van der Waals surface area contributed by atoms with E-state index in [9.17, 15) is 0 Å². The molecule has 0 radical (unpaired) electrons. The van der Waals surface area contributed by atoms with Gasteiger partial charge in [0, 0.05) is 38.7 Å². The predicted octanol–water partition coefficient (Wildman–Crippen LogP) is 17.8. The van der Waals surface area contributed by atoms with E-state index in [2.05, 4.69) is 249 Å². The van der Waals surface area contributed by atoms with Gasteiger partial charge >= 0.3 is 0 Å². The summed E-state index contributed by atoms with van der Waals surface area (Å²) in [6.07, 6.45) is 2.09. The van der Waals surface area contributed by atoms with Gasteiger partial charge in [-0.25, -0.2) is 0 Å². The molecule has 2 aliphatic carbocycles. The molecular weight excluding hydrogens is 823 g/mol. The number of anilines is 3. The summed E-state index contributed by atoms with van der Waals surface area (Å²) in [7, 11) is 0. The quantitative estimate of drug-likeness (QED) is 0.144. The molecule has 0 N–H and O–H groups in total. The molecule has 0 bridgehead atoms. The molecular formula is C66H49NO. The molecule has 11 aromatic rings. The molecule has 2 nitrogen and oxygen atoms in total. The fourth-order valence-corrected chi connectivity index (χ4v) is 12.4. The number of furan rings is 1. The third-order valence-electron chi connectivity index (χ3n) is 15.5. The molecule has 13 rings (SSSR count). The fourth-order valence-electron chi connectivity index (χ4n) is 12.4. The Hall–Kier alpha value is -8.20. The minimum Gasteiger partial charge on any atom is -0.455 e. The molecule has 0 fully saturated rings. The van der Waals surface area contributed by atoms with Crippen LogP contribution in [0.1, 0.15) is 60.1 Å². The van der Waals surface area contributed by atoms with Gasteiger partial charge < -0.3 is 9.32 Å². The Kier molecular flexibility index (Phi) is 9.27. The van der Waals surface area contributed by atoms with Crippen molar-refractivity contribution in [2.24, 2.45) is 0 Å².